The molecule has 4 aromatic heterocycles. The van der Waals surface area contributed by atoms with Gasteiger partial charge in [0.05, 0.1) is 55.5 Å². The van der Waals surface area contributed by atoms with E-state index in [1.807, 2.05) is 48.5 Å². The van der Waals surface area contributed by atoms with Crippen LogP contribution >= 0.6 is 0 Å². The van der Waals surface area contributed by atoms with E-state index in [-0.39, 0.29) is 13.4 Å². The van der Waals surface area contributed by atoms with Crippen molar-refractivity contribution in [3.63, 3.8) is 0 Å². The number of hydrogen-bond donors (Lipinski definition) is 0. The lowest BCUT2D eigenvalue weighted by Gasteiger charge is -2.47. The summed E-state index contributed by atoms with van der Waals surface area (Å²) in [5, 5.41) is 5.15. The topological polar surface area (TPSA) is 59.5 Å². The summed E-state index contributed by atoms with van der Waals surface area (Å²) in [6.45, 7) is -0.295. The molecule has 13 heteroatoms. The quantitative estimate of drug-likeness (QED) is 0.106. The molecular weight excluding hydrogens is 1710 g/mol. The SMILES string of the molecule is c1ccc(-c2nc3ccccc3n3c2nc2ccccc23)cc1.c1ccc(N(c2ccccc2)c2cc3c4c(c2)N(c2ccccc2)c2cc5c(cc2B4c2ccccc2N3c2ccccc2)B2c3ccccc3N(c3ccccc3)c3cc(N(c4ccccc4)c4ccccc4)cc(c32)N5c2ccccc2)cc1.c1ccc2c(c1)c1ccccc1n2-c1ccc(-n2c3ccccc3c3ccccc32)cc1. The number of aromatic nitrogens is 5. The van der Waals surface area contributed by atoms with Crippen LogP contribution in [0.1, 0.15) is 0 Å². The highest BCUT2D eigenvalue weighted by Crippen LogP contribution is 2.53. The highest BCUT2D eigenvalue weighted by Gasteiger charge is 2.49. The molecule has 0 spiro atoms. The van der Waals surface area contributed by atoms with Crippen molar-refractivity contribution in [1.82, 2.24) is 23.5 Å². The lowest BCUT2D eigenvalue weighted by Crippen LogP contribution is -2.65. The smallest absolute Gasteiger partial charge is 0.252 e. The predicted molar refractivity (Wildman–Crippen MR) is 592 cm³/mol. The van der Waals surface area contributed by atoms with Crippen molar-refractivity contribution in [2.24, 2.45) is 0 Å². The zero-order valence-corrected chi connectivity index (χ0v) is 76.8. The predicted octanol–water partition coefficient (Wildman–Crippen LogP) is 29.4. The number of nitrogens with zero attached hydrogens (tertiary/aromatic N) is 11. The van der Waals surface area contributed by atoms with Crippen LogP contribution in [0, 0.1) is 0 Å². The normalized spacial score (nSPS) is 12.5. The number of anilines is 18. The van der Waals surface area contributed by atoms with E-state index >= 15 is 0 Å². The first-order valence-corrected chi connectivity index (χ1v) is 48.3. The minimum Gasteiger partial charge on any atom is -0.311 e. The van der Waals surface area contributed by atoms with Crippen molar-refractivity contribution in [1.29, 1.82) is 0 Å². The Morgan fingerprint density at radius 3 is 0.794 bits per heavy atom. The largest absolute Gasteiger partial charge is 0.311 e. The van der Waals surface area contributed by atoms with Gasteiger partial charge in [-0.05, 0) is 245 Å². The Morgan fingerprint density at radius 1 is 0.184 bits per heavy atom. The average Bonchev–Trinajstić information content (AvgIpc) is 0.860. The van der Waals surface area contributed by atoms with Crippen LogP contribution in [0.15, 0.2) is 528 Å². The number of fused-ring (bicyclic) bond motifs is 19. The molecular formula is C128H87B2N11. The van der Waals surface area contributed by atoms with Crippen molar-refractivity contribution < 1.29 is 0 Å². The van der Waals surface area contributed by atoms with Crippen LogP contribution in [0.4, 0.5) is 102 Å². The van der Waals surface area contributed by atoms with Gasteiger partial charge in [-0.3, -0.25) is 4.40 Å². The Bertz CT molecular complexity index is 8480. The Labute approximate surface area is 817 Å². The van der Waals surface area contributed by atoms with Crippen molar-refractivity contribution in [2.45, 2.75) is 0 Å². The van der Waals surface area contributed by atoms with Crippen LogP contribution in [0.2, 0.25) is 0 Å². The molecule has 4 aliphatic heterocycles. The van der Waals surface area contributed by atoms with Crippen LogP contribution in [0.5, 0.6) is 0 Å². The van der Waals surface area contributed by atoms with Gasteiger partial charge in [0.1, 0.15) is 5.69 Å². The molecule has 0 amide bonds. The van der Waals surface area contributed by atoms with Crippen molar-refractivity contribution >= 4 is 220 Å². The molecule has 29 rings (SSSR count). The van der Waals surface area contributed by atoms with E-state index in [2.05, 4.69) is 522 Å². The van der Waals surface area contributed by atoms with Crippen LogP contribution in [-0.2, 0) is 0 Å². The maximum atomic E-state index is 4.89. The summed E-state index contributed by atoms with van der Waals surface area (Å²) in [7, 11) is 0. The van der Waals surface area contributed by atoms with E-state index in [0.29, 0.717) is 0 Å². The first-order chi connectivity index (χ1) is 70.0. The molecule has 0 bridgehead atoms. The van der Waals surface area contributed by atoms with Crippen LogP contribution in [0.25, 0.3) is 94.0 Å². The fraction of sp³-hybridized carbons (Fsp3) is 0. The molecule has 0 fully saturated rings. The van der Waals surface area contributed by atoms with Crippen LogP contribution in [-0.4, -0.2) is 36.9 Å². The number of benzene rings is 21. The zero-order valence-electron chi connectivity index (χ0n) is 76.8. The molecule has 660 valence electrons. The molecule has 21 aromatic carbocycles. The summed E-state index contributed by atoms with van der Waals surface area (Å²) < 4.78 is 6.93. The molecule has 0 aliphatic carbocycles. The third-order valence-electron chi connectivity index (χ3n) is 28.4. The van der Waals surface area contributed by atoms with E-state index in [4.69, 9.17) is 9.97 Å². The number of hydrogen-bond acceptors (Lipinski definition) is 8. The summed E-state index contributed by atoms with van der Waals surface area (Å²) in [6, 6.07) is 191. The van der Waals surface area contributed by atoms with E-state index in [1.165, 1.54) is 87.8 Å². The fourth-order valence-corrected chi connectivity index (χ4v) is 22.5. The molecule has 25 aromatic rings. The molecule has 141 heavy (non-hydrogen) atoms. The van der Waals surface area contributed by atoms with Crippen molar-refractivity contribution in [2.75, 3.05) is 29.4 Å². The van der Waals surface area contributed by atoms with E-state index in [0.717, 1.165) is 141 Å². The first kappa shape index (κ1) is 81.8. The van der Waals surface area contributed by atoms with E-state index in [1.54, 1.807) is 0 Å². The standard InChI is InChI=1S/C78H54B2N6.C30H20N2.C20H13N3/c1-9-29-55(30-10-1)81(56-31-11-2-12-32-56)63-49-73-77-75(51-63)85(61-41-21-7-22-42-61)71-54-72-68(53-67(71)79(77)65-45-25-27-47-69(65)83(73)59-37-17-5-18-38-59)80-66-46-26-28-48-70(66)84(60-39-19-6-20-40-60)74-50-64(52-76(78(74)80)86(72)62-43-23-8-24-44-62)82(57-33-13-3-14-34-57)58-35-15-4-16-36-58;1-5-13-27-23(9-1)24-10-2-6-14-28(24)31(27)21-17-19-22(20-18-21)32-29-15-7-3-11-25(29)26-12-4-8-16-30(26)32;1-2-8-14(9-3-1)19-20-22-16-11-5-7-13-18(16)23(20)17-12-6-4-10-15(17)21-19/h1-54H;1-20H;1-13H. The van der Waals surface area contributed by atoms with E-state index in [9.17, 15) is 0 Å². The Kier molecular flexibility index (Phi) is 19.9. The summed E-state index contributed by atoms with van der Waals surface area (Å²) in [4.78, 5) is 24.7. The maximum absolute atomic E-state index is 4.89. The highest BCUT2D eigenvalue weighted by molar-refractivity contribution is 7.03. The third kappa shape index (κ3) is 13.7. The summed E-state index contributed by atoms with van der Waals surface area (Å²) in [6.07, 6.45) is 0. The van der Waals surface area contributed by atoms with Crippen LogP contribution < -0.4 is 62.2 Å². The summed E-state index contributed by atoms with van der Waals surface area (Å²) in [5.74, 6) is 0. The molecule has 0 N–H and O–H groups in total. The monoisotopic (exact) mass is 1800 g/mol. The second-order valence-corrected chi connectivity index (χ2v) is 36.3. The summed E-state index contributed by atoms with van der Waals surface area (Å²) >= 11 is 0. The van der Waals surface area contributed by atoms with Crippen LogP contribution in [0.3, 0.4) is 0 Å². The maximum Gasteiger partial charge on any atom is 0.252 e. The van der Waals surface area contributed by atoms with Gasteiger partial charge in [-0.2, -0.15) is 0 Å². The Balaban J connectivity index is 0.000000145. The fourth-order valence-electron chi connectivity index (χ4n) is 22.5. The zero-order chi connectivity index (χ0) is 93.0. The first-order valence-electron chi connectivity index (χ1n) is 48.3. The minimum absolute atomic E-state index is 0.147. The molecule has 4 aliphatic rings. The van der Waals surface area contributed by atoms with Gasteiger partial charge in [-0.1, -0.05) is 315 Å². The molecule has 0 unspecified atom stereocenters. The molecule has 0 atom stereocenters. The van der Waals surface area contributed by atoms with Crippen molar-refractivity contribution in [3.05, 3.63) is 528 Å². The molecule has 8 heterocycles. The van der Waals surface area contributed by atoms with Gasteiger partial charge in [0.25, 0.3) is 13.4 Å². The van der Waals surface area contributed by atoms with Gasteiger partial charge < -0.3 is 38.5 Å². The molecule has 0 saturated carbocycles. The average molecular weight is 1800 g/mol. The number of imidazole rings is 1. The molecule has 11 nitrogen and oxygen atoms in total. The lowest BCUT2D eigenvalue weighted by molar-refractivity contribution is 1.14. The second-order valence-electron chi connectivity index (χ2n) is 36.3. The third-order valence-corrected chi connectivity index (χ3v) is 28.4. The van der Waals surface area contributed by atoms with Gasteiger partial charge in [-0.15, -0.1) is 0 Å². The number of rotatable bonds is 13. The molecule has 0 saturated heterocycles. The molecule has 0 radical (unpaired) electrons. The number of para-hydroxylation sites is 18. The van der Waals surface area contributed by atoms with E-state index < -0.39 is 0 Å². The second kappa shape index (κ2) is 34.3. The Hall–Kier alpha value is -18.7. The summed E-state index contributed by atoms with van der Waals surface area (Å²) in [5.41, 5.74) is 41.8. The van der Waals surface area contributed by atoms with Gasteiger partial charge in [0.15, 0.2) is 5.65 Å². The van der Waals surface area contributed by atoms with Gasteiger partial charge in [-0.25, -0.2) is 9.97 Å². The van der Waals surface area contributed by atoms with Gasteiger partial charge in [0.2, 0.25) is 0 Å². The van der Waals surface area contributed by atoms with Gasteiger partial charge >= 0.3 is 0 Å². The highest BCUT2D eigenvalue weighted by atomic mass is 15.2. The Morgan fingerprint density at radius 2 is 0.454 bits per heavy atom. The van der Waals surface area contributed by atoms with Crippen molar-refractivity contribution in [3.8, 4) is 22.6 Å². The minimum atomic E-state index is -0.147. The lowest BCUT2D eigenvalue weighted by atomic mass is 9.30. The van der Waals surface area contributed by atoms with Gasteiger partial charge in [0, 0.05) is 129 Å².